The Morgan fingerprint density at radius 1 is 1.25 bits per heavy atom. The van der Waals surface area contributed by atoms with E-state index in [-0.39, 0.29) is 12.4 Å². The first-order valence-electron chi connectivity index (χ1n) is 6.30. The summed E-state index contributed by atoms with van der Waals surface area (Å²) in [7, 11) is 0. The van der Waals surface area contributed by atoms with Gasteiger partial charge in [-0.05, 0) is 32.3 Å². The van der Waals surface area contributed by atoms with Gasteiger partial charge in [-0.15, -0.1) is 6.58 Å². The van der Waals surface area contributed by atoms with Gasteiger partial charge in [-0.2, -0.15) is 0 Å². The molecule has 0 aromatic carbocycles. The average molecular weight is 224 g/mol. The summed E-state index contributed by atoms with van der Waals surface area (Å²) < 4.78 is 11.6. The van der Waals surface area contributed by atoms with Crippen LogP contribution in [0.5, 0.6) is 0 Å². The molecule has 2 atom stereocenters. The quantitative estimate of drug-likeness (QED) is 0.483. The van der Waals surface area contributed by atoms with Crippen LogP contribution in [0, 0.1) is 0 Å². The van der Waals surface area contributed by atoms with Crippen molar-refractivity contribution in [3.8, 4) is 0 Å². The lowest BCUT2D eigenvalue weighted by atomic mass is 9.98. The Morgan fingerprint density at radius 3 is 2.50 bits per heavy atom. The molecule has 0 aromatic heterocycles. The van der Waals surface area contributed by atoms with Crippen LogP contribution in [0.15, 0.2) is 25.3 Å². The molecule has 16 heavy (non-hydrogen) atoms. The summed E-state index contributed by atoms with van der Waals surface area (Å²) in [5.41, 5.74) is 0. The number of hydrogen-bond acceptors (Lipinski definition) is 2. The summed E-state index contributed by atoms with van der Waals surface area (Å²) in [6.45, 7) is 9.50. The van der Waals surface area contributed by atoms with E-state index >= 15 is 0 Å². The third kappa shape index (κ3) is 4.95. The van der Waals surface area contributed by atoms with Crippen LogP contribution in [0.25, 0.3) is 0 Å². The second-order valence-electron chi connectivity index (χ2n) is 4.47. The van der Waals surface area contributed by atoms with Gasteiger partial charge in [0.05, 0.1) is 12.2 Å². The molecule has 0 radical (unpaired) electrons. The van der Waals surface area contributed by atoms with Gasteiger partial charge in [-0.25, -0.2) is 0 Å². The van der Waals surface area contributed by atoms with Crippen LogP contribution in [0.1, 0.15) is 45.4 Å². The van der Waals surface area contributed by atoms with Crippen LogP contribution in [-0.2, 0) is 9.47 Å². The van der Waals surface area contributed by atoms with Crippen molar-refractivity contribution in [2.45, 2.75) is 63.9 Å². The summed E-state index contributed by atoms with van der Waals surface area (Å²) in [4.78, 5) is 0. The summed E-state index contributed by atoms with van der Waals surface area (Å²) in [6.07, 6.45) is 10.9. The van der Waals surface area contributed by atoms with E-state index in [4.69, 9.17) is 9.47 Å². The van der Waals surface area contributed by atoms with Crippen LogP contribution in [-0.4, -0.2) is 18.5 Å². The highest BCUT2D eigenvalue weighted by Gasteiger charge is 2.18. The highest BCUT2D eigenvalue weighted by molar-refractivity contribution is 4.78. The molecular formula is C14H24O2. The molecule has 2 heteroatoms. The van der Waals surface area contributed by atoms with Gasteiger partial charge in [-0.3, -0.25) is 0 Å². The van der Waals surface area contributed by atoms with Gasteiger partial charge >= 0.3 is 0 Å². The van der Waals surface area contributed by atoms with Gasteiger partial charge in [0, 0.05) is 0 Å². The van der Waals surface area contributed by atoms with Crippen LogP contribution in [0.2, 0.25) is 0 Å². The van der Waals surface area contributed by atoms with Crippen LogP contribution >= 0.6 is 0 Å². The summed E-state index contributed by atoms with van der Waals surface area (Å²) in [5.74, 6) is 0. The fraction of sp³-hybridized carbons (Fsp3) is 0.714. The van der Waals surface area contributed by atoms with Crippen molar-refractivity contribution >= 4 is 0 Å². The van der Waals surface area contributed by atoms with Gasteiger partial charge in [0.1, 0.15) is 0 Å². The summed E-state index contributed by atoms with van der Waals surface area (Å²) >= 11 is 0. The van der Waals surface area contributed by atoms with E-state index in [1.165, 1.54) is 19.3 Å². The molecule has 0 aliphatic heterocycles. The predicted molar refractivity (Wildman–Crippen MR) is 67.3 cm³/mol. The van der Waals surface area contributed by atoms with Crippen molar-refractivity contribution in [3.63, 3.8) is 0 Å². The van der Waals surface area contributed by atoms with Crippen molar-refractivity contribution in [1.82, 2.24) is 0 Å². The Labute approximate surface area is 99.3 Å². The number of hydrogen-bond donors (Lipinski definition) is 0. The monoisotopic (exact) mass is 224 g/mol. The molecule has 1 saturated carbocycles. The third-order valence-electron chi connectivity index (χ3n) is 2.94. The smallest absolute Gasteiger partial charge is 0.177 e. The van der Waals surface area contributed by atoms with E-state index in [2.05, 4.69) is 13.2 Å². The number of ether oxygens (including phenoxy) is 2. The molecule has 92 valence electrons. The predicted octanol–water partition coefficient (Wildman–Crippen LogP) is 3.83. The lowest BCUT2D eigenvalue weighted by molar-refractivity contribution is -0.169. The van der Waals surface area contributed by atoms with Crippen LogP contribution in [0.4, 0.5) is 0 Å². The maximum absolute atomic E-state index is 5.88. The lowest BCUT2D eigenvalue weighted by Crippen LogP contribution is -2.27. The highest BCUT2D eigenvalue weighted by Crippen LogP contribution is 2.22. The van der Waals surface area contributed by atoms with Gasteiger partial charge in [-0.1, -0.05) is 31.9 Å². The third-order valence-corrected chi connectivity index (χ3v) is 2.94. The van der Waals surface area contributed by atoms with Crippen LogP contribution < -0.4 is 0 Å². The minimum atomic E-state index is -0.266. The number of rotatable bonds is 7. The second kappa shape index (κ2) is 7.64. The molecule has 2 nitrogen and oxygen atoms in total. The van der Waals surface area contributed by atoms with E-state index in [1.54, 1.807) is 6.08 Å². The zero-order valence-corrected chi connectivity index (χ0v) is 10.4. The van der Waals surface area contributed by atoms with E-state index in [0.717, 1.165) is 19.3 Å². The summed E-state index contributed by atoms with van der Waals surface area (Å²) in [6, 6.07) is 0. The highest BCUT2D eigenvalue weighted by atomic mass is 16.7. The molecule has 1 aliphatic rings. The first kappa shape index (κ1) is 13.5. The molecule has 1 rings (SSSR count). The Kier molecular flexibility index (Phi) is 6.43. The molecule has 0 N–H and O–H groups in total. The topological polar surface area (TPSA) is 18.5 Å². The Balaban J connectivity index is 2.29. The van der Waals surface area contributed by atoms with Gasteiger partial charge in [0.15, 0.2) is 6.29 Å². The van der Waals surface area contributed by atoms with Crippen molar-refractivity contribution in [2.24, 2.45) is 0 Å². The molecule has 1 aliphatic carbocycles. The Morgan fingerprint density at radius 2 is 1.94 bits per heavy atom. The van der Waals surface area contributed by atoms with Gasteiger partial charge in [0.2, 0.25) is 0 Å². The van der Waals surface area contributed by atoms with Gasteiger partial charge < -0.3 is 9.47 Å². The Hall–Kier alpha value is -0.600. The van der Waals surface area contributed by atoms with Gasteiger partial charge in [0.25, 0.3) is 0 Å². The van der Waals surface area contributed by atoms with Crippen molar-refractivity contribution in [3.05, 3.63) is 25.3 Å². The van der Waals surface area contributed by atoms with E-state index < -0.39 is 0 Å². The molecule has 0 heterocycles. The SMILES string of the molecule is C=CC[C@@H](C)O[C@H](C=C)OC1CCCCC1. The molecule has 0 bridgehead atoms. The lowest BCUT2D eigenvalue weighted by Gasteiger charge is -2.27. The fourth-order valence-corrected chi connectivity index (χ4v) is 2.05. The molecule has 0 aromatic rings. The first-order chi connectivity index (χ1) is 7.76. The maximum atomic E-state index is 5.88. The van der Waals surface area contributed by atoms with Crippen LogP contribution in [0.3, 0.4) is 0 Å². The van der Waals surface area contributed by atoms with Crippen molar-refractivity contribution in [1.29, 1.82) is 0 Å². The first-order valence-corrected chi connectivity index (χ1v) is 6.30. The zero-order chi connectivity index (χ0) is 11.8. The minimum Gasteiger partial charge on any atom is -0.346 e. The van der Waals surface area contributed by atoms with E-state index in [0.29, 0.717) is 6.10 Å². The Bertz CT molecular complexity index is 207. The summed E-state index contributed by atoms with van der Waals surface area (Å²) in [5, 5.41) is 0. The molecule has 1 fully saturated rings. The fourth-order valence-electron chi connectivity index (χ4n) is 2.05. The molecule has 0 amide bonds. The zero-order valence-electron chi connectivity index (χ0n) is 10.4. The molecule has 0 spiro atoms. The minimum absolute atomic E-state index is 0.143. The molecule has 0 saturated heterocycles. The van der Waals surface area contributed by atoms with E-state index in [9.17, 15) is 0 Å². The van der Waals surface area contributed by atoms with Crippen molar-refractivity contribution < 1.29 is 9.47 Å². The average Bonchev–Trinajstić information content (AvgIpc) is 2.30. The largest absolute Gasteiger partial charge is 0.346 e. The maximum Gasteiger partial charge on any atom is 0.177 e. The standard InChI is InChI=1S/C14H24O2/c1-4-9-12(3)15-14(5-2)16-13-10-7-6-8-11-13/h4-5,12-14H,1-2,6-11H2,3H3/t12-,14+/m1/s1. The van der Waals surface area contributed by atoms with E-state index in [1.807, 2.05) is 13.0 Å². The molecule has 0 unspecified atom stereocenters. The second-order valence-corrected chi connectivity index (χ2v) is 4.47. The van der Waals surface area contributed by atoms with Crippen molar-refractivity contribution in [2.75, 3.05) is 0 Å². The normalized spacial score (nSPS) is 21.3. The molecular weight excluding hydrogens is 200 g/mol.